The molecule has 6 rings (SSSR count). The molecular formula is C28H30N8O2. The number of rotatable bonds is 5. The number of aromatic nitrogens is 5. The summed E-state index contributed by atoms with van der Waals surface area (Å²) in [5.41, 5.74) is 4.81. The highest BCUT2D eigenvalue weighted by Crippen LogP contribution is 2.33. The second kappa shape index (κ2) is 10.2. The van der Waals surface area contributed by atoms with Gasteiger partial charge in [0.05, 0.1) is 31.5 Å². The molecule has 5 heterocycles. The number of morpholine rings is 1. The van der Waals surface area contributed by atoms with Gasteiger partial charge in [-0.1, -0.05) is 6.07 Å². The predicted octanol–water partition coefficient (Wildman–Crippen LogP) is 3.46. The molecule has 1 unspecified atom stereocenters. The average Bonchev–Trinajstić information content (AvgIpc) is 2.93. The Bertz CT molecular complexity index is 1500. The van der Waals surface area contributed by atoms with Crippen LogP contribution in [0.4, 0.5) is 23.1 Å². The molecule has 2 N–H and O–H groups in total. The average molecular weight is 511 g/mol. The third-order valence-electron chi connectivity index (χ3n) is 6.99. The molecule has 10 nitrogen and oxygen atoms in total. The number of H-pyrrole nitrogens is 1. The maximum Gasteiger partial charge on any atom is 0.249 e. The number of pyridine rings is 1. The van der Waals surface area contributed by atoms with E-state index in [1.165, 1.54) is 11.6 Å². The summed E-state index contributed by atoms with van der Waals surface area (Å²) in [5, 5.41) is 3.23. The quantitative estimate of drug-likeness (QED) is 0.417. The van der Waals surface area contributed by atoms with Crippen LogP contribution in [-0.4, -0.2) is 57.3 Å². The summed E-state index contributed by atoms with van der Waals surface area (Å²) in [4.78, 5) is 38.0. The molecule has 0 saturated carbocycles. The van der Waals surface area contributed by atoms with E-state index < -0.39 is 0 Å². The van der Waals surface area contributed by atoms with Gasteiger partial charge in [-0.05, 0) is 50.6 Å². The largest absolute Gasteiger partial charge is 0.377 e. The monoisotopic (exact) mass is 510 g/mol. The van der Waals surface area contributed by atoms with Crippen LogP contribution in [0.25, 0.3) is 11.4 Å². The van der Waals surface area contributed by atoms with Crippen LogP contribution in [0, 0.1) is 6.92 Å². The Balaban J connectivity index is 1.35. The fourth-order valence-electron chi connectivity index (χ4n) is 5.01. The molecule has 0 radical (unpaired) electrons. The van der Waals surface area contributed by atoms with E-state index in [1.54, 1.807) is 12.4 Å². The Hall–Kier alpha value is -4.31. The van der Waals surface area contributed by atoms with Gasteiger partial charge in [0.1, 0.15) is 23.8 Å². The molecule has 4 aromatic rings. The molecular weight excluding hydrogens is 480 g/mol. The summed E-state index contributed by atoms with van der Waals surface area (Å²) in [7, 11) is 0. The van der Waals surface area contributed by atoms with Crippen molar-refractivity contribution in [1.82, 2.24) is 24.9 Å². The number of hydrogen-bond donors (Lipinski definition) is 2. The first-order chi connectivity index (χ1) is 18.5. The summed E-state index contributed by atoms with van der Waals surface area (Å²) in [6, 6.07) is 15.2. The number of ether oxygens (including phenoxy) is 1. The van der Waals surface area contributed by atoms with Crippen molar-refractivity contribution >= 4 is 23.1 Å². The first kappa shape index (κ1) is 24.1. The standard InChI is InChI=1S/C28H30N8O2/c1-18-14-25(30-17-29-18)35-11-10-22-23(15-35)32-27(34-28(22)36-12-13-38-16-19(36)2)20-6-8-21(9-7-20)31-24-4-3-5-26(37)33-24/h3-9,14,17,19H,10-13,15-16H2,1-2H3,(H2,31,33,37). The molecule has 38 heavy (non-hydrogen) atoms. The van der Waals surface area contributed by atoms with E-state index in [9.17, 15) is 4.79 Å². The van der Waals surface area contributed by atoms with Crippen LogP contribution >= 0.6 is 0 Å². The third kappa shape index (κ3) is 4.95. The fourth-order valence-corrected chi connectivity index (χ4v) is 5.01. The van der Waals surface area contributed by atoms with Crippen LogP contribution in [0.5, 0.6) is 0 Å². The zero-order chi connectivity index (χ0) is 26.1. The van der Waals surface area contributed by atoms with E-state index in [1.807, 2.05) is 43.3 Å². The van der Waals surface area contributed by atoms with Gasteiger partial charge in [-0.25, -0.2) is 19.9 Å². The lowest BCUT2D eigenvalue weighted by molar-refractivity contribution is 0.0984. The number of hydrogen-bond acceptors (Lipinski definition) is 9. The summed E-state index contributed by atoms with van der Waals surface area (Å²) in [5.74, 6) is 3.25. The van der Waals surface area contributed by atoms with E-state index in [-0.39, 0.29) is 11.6 Å². The van der Waals surface area contributed by atoms with Gasteiger partial charge in [-0.2, -0.15) is 0 Å². The summed E-state index contributed by atoms with van der Waals surface area (Å²) >= 11 is 0. The second-order valence-corrected chi connectivity index (χ2v) is 9.73. The molecule has 2 aliphatic rings. The highest BCUT2D eigenvalue weighted by Gasteiger charge is 2.29. The van der Waals surface area contributed by atoms with E-state index in [2.05, 4.69) is 37.0 Å². The van der Waals surface area contributed by atoms with Crippen LogP contribution in [0.2, 0.25) is 0 Å². The molecule has 1 saturated heterocycles. The van der Waals surface area contributed by atoms with Crippen LogP contribution in [-0.2, 0) is 17.7 Å². The molecule has 0 spiro atoms. The Morgan fingerprint density at radius 1 is 1.08 bits per heavy atom. The van der Waals surface area contributed by atoms with Crippen LogP contribution in [0.3, 0.4) is 0 Å². The molecule has 10 heteroatoms. The molecule has 194 valence electrons. The van der Waals surface area contributed by atoms with Gasteiger partial charge in [0.15, 0.2) is 5.82 Å². The Kier molecular flexibility index (Phi) is 6.47. The Labute approximate surface area is 220 Å². The molecule has 0 amide bonds. The van der Waals surface area contributed by atoms with Crippen molar-refractivity contribution in [3.8, 4) is 11.4 Å². The lowest BCUT2D eigenvalue weighted by Crippen LogP contribution is -2.45. The topological polar surface area (TPSA) is 112 Å². The highest BCUT2D eigenvalue weighted by molar-refractivity contribution is 5.66. The first-order valence-electron chi connectivity index (χ1n) is 12.9. The Morgan fingerprint density at radius 2 is 1.95 bits per heavy atom. The minimum absolute atomic E-state index is 0.148. The smallest absolute Gasteiger partial charge is 0.249 e. The van der Waals surface area contributed by atoms with Gasteiger partial charge in [-0.15, -0.1) is 0 Å². The van der Waals surface area contributed by atoms with Crippen molar-refractivity contribution in [2.75, 3.05) is 41.4 Å². The SMILES string of the molecule is Cc1cc(N2CCc3c(nc(-c4ccc(Nc5cccc(=O)[nH]5)cc4)nc3N3CCOCC3C)C2)ncn1. The molecule has 0 bridgehead atoms. The van der Waals surface area contributed by atoms with Crippen molar-refractivity contribution < 1.29 is 4.74 Å². The van der Waals surface area contributed by atoms with Gasteiger partial charge in [-0.3, -0.25) is 4.79 Å². The normalized spacial score (nSPS) is 17.3. The number of anilines is 4. The number of aryl methyl sites for hydroxylation is 1. The van der Waals surface area contributed by atoms with Crippen molar-refractivity contribution in [1.29, 1.82) is 0 Å². The zero-order valence-corrected chi connectivity index (χ0v) is 21.5. The van der Waals surface area contributed by atoms with Gasteiger partial charge < -0.3 is 24.8 Å². The lowest BCUT2D eigenvalue weighted by Gasteiger charge is -2.38. The van der Waals surface area contributed by atoms with Crippen LogP contribution in [0.1, 0.15) is 23.9 Å². The Morgan fingerprint density at radius 3 is 2.74 bits per heavy atom. The summed E-state index contributed by atoms with van der Waals surface area (Å²) < 4.78 is 5.71. The first-order valence-corrected chi connectivity index (χ1v) is 12.9. The summed E-state index contributed by atoms with van der Waals surface area (Å²) in [6.07, 6.45) is 2.46. The van der Waals surface area contributed by atoms with Crippen molar-refractivity contribution in [2.45, 2.75) is 32.9 Å². The van der Waals surface area contributed by atoms with E-state index in [0.29, 0.717) is 31.4 Å². The maximum atomic E-state index is 11.6. The molecule has 0 aliphatic carbocycles. The van der Waals surface area contributed by atoms with Crippen LogP contribution < -0.4 is 20.7 Å². The fraction of sp³-hybridized carbons (Fsp3) is 0.321. The van der Waals surface area contributed by atoms with Gasteiger partial charge >= 0.3 is 0 Å². The third-order valence-corrected chi connectivity index (χ3v) is 6.99. The zero-order valence-electron chi connectivity index (χ0n) is 21.5. The molecule has 1 fully saturated rings. The van der Waals surface area contributed by atoms with Crippen molar-refractivity contribution in [3.63, 3.8) is 0 Å². The number of aromatic amines is 1. The molecule has 1 aromatic carbocycles. The number of fused-ring (bicyclic) bond motifs is 1. The van der Waals surface area contributed by atoms with Gasteiger partial charge in [0.2, 0.25) is 5.56 Å². The van der Waals surface area contributed by atoms with E-state index >= 15 is 0 Å². The van der Waals surface area contributed by atoms with E-state index in [4.69, 9.17) is 14.7 Å². The molecule has 1 atom stereocenters. The minimum Gasteiger partial charge on any atom is -0.377 e. The van der Waals surface area contributed by atoms with Crippen molar-refractivity contribution in [2.24, 2.45) is 0 Å². The lowest BCUT2D eigenvalue weighted by atomic mass is 10.0. The predicted molar refractivity (Wildman–Crippen MR) is 147 cm³/mol. The number of benzene rings is 1. The van der Waals surface area contributed by atoms with Gasteiger partial charge in [0, 0.05) is 47.7 Å². The number of nitrogens with one attached hydrogen (secondary N) is 2. The molecule has 2 aliphatic heterocycles. The highest BCUT2D eigenvalue weighted by atomic mass is 16.5. The second-order valence-electron chi connectivity index (χ2n) is 9.73. The van der Waals surface area contributed by atoms with E-state index in [0.717, 1.165) is 53.8 Å². The van der Waals surface area contributed by atoms with Gasteiger partial charge in [0.25, 0.3) is 0 Å². The maximum absolute atomic E-state index is 11.6. The van der Waals surface area contributed by atoms with Crippen LogP contribution in [0.15, 0.2) is 59.7 Å². The molecule has 3 aromatic heterocycles. The minimum atomic E-state index is -0.148. The van der Waals surface area contributed by atoms with Crippen molar-refractivity contribution in [3.05, 3.63) is 82.2 Å². The summed E-state index contributed by atoms with van der Waals surface area (Å²) in [6.45, 7) is 7.84. The number of nitrogens with zero attached hydrogens (tertiary/aromatic N) is 6.